The van der Waals surface area contributed by atoms with Crippen LogP contribution < -0.4 is 5.32 Å². The standard InChI is InChI=1S/C16H18FN5O3/c1-9-19-20-21-22(9)14-8-12(5-6-13(14)17)18-15(23)10-3-2-4-11(7-10)16(24)25/h5-6,8,10-11H,2-4,7H2,1H3,(H,18,23)(H,24,25). The lowest BCUT2D eigenvalue weighted by molar-refractivity contribution is -0.143. The molecule has 2 unspecified atom stereocenters. The second kappa shape index (κ2) is 6.96. The molecular weight excluding hydrogens is 329 g/mol. The van der Waals surface area contributed by atoms with Crippen molar-refractivity contribution in [2.75, 3.05) is 5.32 Å². The van der Waals surface area contributed by atoms with Gasteiger partial charge in [-0.25, -0.2) is 4.39 Å². The summed E-state index contributed by atoms with van der Waals surface area (Å²) in [7, 11) is 0. The predicted molar refractivity (Wildman–Crippen MR) is 85.6 cm³/mol. The van der Waals surface area contributed by atoms with Crippen LogP contribution in [0.15, 0.2) is 18.2 Å². The lowest BCUT2D eigenvalue weighted by Gasteiger charge is -2.25. The van der Waals surface area contributed by atoms with Crippen LogP contribution in [0.4, 0.5) is 10.1 Å². The number of hydrogen-bond acceptors (Lipinski definition) is 5. The van der Waals surface area contributed by atoms with E-state index < -0.39 is 17.7 Å². The summed E-state index contributed by atoms with van der Waals surface area (Å²) in [6.45, 7) is 1.64. The van der Waals surface area contributed by atoms with E-state index in [1.54, 1.807) is 6.92 Å². The molecule has 2 atom stereocenters. The molecule has 1 aliphatic rings. The molecule has 1 saturated carbocycles. The van der Waals surface area contributed by atoms with Crippen LogP contribution in [0.2, 0.25) is 0 Å². The van der Waals surface area contributed by atoms with Crippen LogP contribution in [-0.2, 0) is 9.59 Å². The normalized spacial score (nSPS) is 20.2. The van der Waals surface area contributed by atoms with Crippen LogP contribution in [0.25, 0.3) is 5.69 Å². The minimum absolute atomic E-state index is 0.132. The van der Waals surface area contributed by atoms with Gasteiger partial charge in [0.15, 0.2) is 5.82 Å². The summed E-state index contributed by atoms with van der Waals surface area (Å²) in [6, 6.07) is 4.13. The van der Waals surface area contributed by atoms with Crippen LogP contribution >= 0.6 is 0 Å². The molecule has 1 aromatic heterocycles. The first-order chi connectivity index (χ1) is 12.0. The molecule has 0 spiro atoms. The van der Waals surface area contributed by atoms with Crippen molar-refractivity contribution in [3.8, 4) is 5.69 Å². The van der Waals surface area contributed by atoms with Crippen molar-refractivity contribution in [3.05, 3.63) is 29.8 Å². The van der Waals surface area contributed by atoms with Gasteiger partial charge in [0.25, 0.3) is 0 Å². The third-order valence-electron chi connectivity index (χ3n) is 4.46. The minimum atomic E-state index is -0.865. The number of aliphatic carboxylic acids is 1. The van der Waals surface area contributed by atoms with Crippen molar-refractivity contribution >= 4 is 17.6 Å². The van der Waals surface area contributed by atoms with E-state index in [1.807, 2.05) is 0 Å². The van der Waals surface area contributed by atoms with Gasteiger partial charge in [-0.3, -0.25) is 9.59 Å². The molecule has 1 amide bonds. The quantitative estimate of drug-likeness (QED) is 0.874. The first-order valence-corrected chi connectivity index (χ1v) is 8.04. The van der Waals surface area contributed by atoms with Gasteiger partial charge < -0.3 is 10.4 Å². The van der Waals surface area contributed by atoms with Gasteiger partial charge in [-0.1, -0.05) is 6.42 Å². The summed E-state index contributed by atoms with van der Waals surface area (Å²) in [5.74, 6) is -2.07. The van der Waals surface area contributed by atoms with Crippen LogP contribution in [0.3, 0.4) is 0 Å². The minimum Gasteiger partial charge on any atom is -0.481 e. The molecule has 0 saturated heterocycles. The maximum atomic E-state index is 14.1. The summed E-state index contributed by atoms with van der Waals surface area (Å²) in [6.07, 6.45) is 2.27. The molecule has 1 heterocycles. The lowest BCUT2D eigenvalue weighted by Crippen LogP contribution is -2.31. The zero-order valence-corrected chi connectivity index (χ0v) is 13.6. The summed E-state index contributed by atoms with van der Waals surface area (Å²) < 4.78 is 15.3. The van der Waals surface area contributed by atoms with Crippen molar-refractivity contribution in [2.45, 2.75) is 32.6 Å². The monoisotopic (exact) mass is 347 g/mol. The first kappa shape index (κ1) is 17.0. The smallest absolute Gasteiger partial charge is 0.306 e. The van der Waals surface area contributed by atoms with Crippen molar-refractivity contribution in [2.24, 2.45) is 11.8 Å². The number of benzene rings is 1. The van der Waals surface area contributed by atoms with Crippen LogP contribution in [-0.4, -0.2) is 37.2 Å². The fraction of sp³-hybridized carbons (Fsp3) is 0.438. The van der Waals surface area contributed by atoms with Gasteiger partial charge in [0.2, 0.25) is 5.91 Å². The Labute approximate surface area is 143 Å². The van der Waals surface area contributed by atoms with Crippen molar-refractivity contribution in [1.82, 2.24) is 20.2 Å². The largest absolute Gasteiger partial charge is 0.481 e. The Morgan fingerprint density at radius 2 is 2.08 bits per heavy atom. The van der Waals surface area contributed by atoms with Gasteiger partial charge in [-0.15, -0.1) is 5.10 Å². The van der Waals surface area contributed by atoms with Gasteiger partial charge in [-0.05, 0) is 54.8 Å². The molecule has 3 rings (SSSR count). The maximum absolute atomic E-state index is 14.1. The fourth-order valence-corrected chi connectivity index (χ4v) is 3.10. The molecule has 8 nitrogen and oxygen atoms in total. The topological polar surface area (TPSA) is 110 Å². The molecule has 25 heavy (non-hydrogen) atoms. The number of hydrogen-bond donors (Lipinski definition) is 2. The molecule has 1 aliphatic carbocycles. The molecule has 0 aliphatic heterocycles. The molecule has 132 valence electrons. The highest BCUT2D eigenvalue weighted by atomic mass is 19.1. The molecule has 2 aromatic rings. The van der Waals surface area contributed by atoms with Crippen molar-refractivity contribution in [3.63, 3.8) is 0 Å². The number of tetrazole rings is 1. The third-order valence-corrected chi connectivity index (χ3v) is 4.46. The van der Waals surface area contributed by atoms with Gasteiger partial charge in [0.1, 0.15) is 11.5 Å². The van der Waals surface area contributed by atoms with Crippen LogP contribution in [0.1, 0.15) is 31.5 Å². The maximum Gasteiger partial charge on any atom is 0.306 e. The van der Waals surface area contributed by atoms with Crippen molar-refractivity contribution in [1.29, 1.82) is 0 Å². The molecule has 0 radical (unpaired) electrons. The number of anilines is 1. The lowest BCUT2D eigenvalue weighted by atomic mass is 9.81. The van der Waals surface area contributed by atoms with E-state index in [2.05, 4.69) is 20.8 Å². The highest BCUT2D eigenvalue weighted by Crippen LogP contribution is 2.30. The van der Waals surface area contributed by atoms with Gasteiger partial charge >= 0.3 is 5.97 Å². The molecule has 1 fully saturated rings. The predicted octanol–water partition coefficient (Wildman–Crippen LogP) is 1.94. The fourth-order valence-electron chi connectivity index (χ4n) is 3.10. The number of rotatable bonds is 4. The second-order valence-electron chi connectivity index (χ2n) is 6.19. The third kappa shape index (κ3) is 3.65. The average Bonchev–Trinajstić information content (AvgIpc) is 3.02. The Balaban J connectivity index is 1.76. The van der Waals surface area contributed by atoms with Gasteiger partial charge in [0, 0.05) is 11.6 Å². The average molecular weight is 347 g/mol. The Kier molecular flexibility index (Phi) is 4.73. The Morgan fingerprint density at radius 1 is 1.32 bits per heavy atom. The SMILES string of the molecule is Cc1nnnn1-c1cc(NC(=O)C2CCCC(C(=O)O)C2)ccc1F. The van der Waals surface area contributed by atoms with E-state index >= 15 is 0 Å². The number of nitrogens with one attached hydrogen (secondary N) is 1. The van der Waals surface area contributed by atoms with E-state index in [-0.39, 0.29) is 17.5 Å². The highest BCUT2D eigenvalue weighted by Gasteiger charge is 2.31. The number of carbonyl (C=O) groups excluding carboxylic acids is 1. The van der Waals surface area contributed by atoms with Gasteiger partial charge in [0.05, 0.1) is 5.92 Å². The number of carbonyl (C=O) groups is 2. The number of amides is 1. The summed E-state index contributed by atoms with van der Waals surface area (Å²) >= 11 is 0. The van der Waals surface area contributed by atoms with E-state index in [4.69, 9.17) is 5.11 Å². The van der Waals surface area contributed by atoms with Crippen molar-refractivity contribution < 1.29 is 19.1 Å². The first-order valence-electron chi connectivity index (χ1n) is 8.04. The number of aryl methyl sites for hydroxylation is 1. The number of halogens is 1. The summed E-state index contributed by atoms with van der Waals surface area (Å²) in [5.41, 5.74) is 0.543. The molecule has 0 bridgehead atoms. The Hall–Kier alpha value is -2.84. The van der Waals surface area contributed by atoms with E-state index in [9.17, 15) is 14.0 Å². The summed E-state index contributed by atoms with van der Waals surface area (Å²) in [5, 5.41) is 22.8. The van der Waals surface area contributed by atoms with E-state index in [0.29, 0.717) is 37.2 Å². The zero-order chi connectivity index (χ0) is 18.0. The summed E-state index contributed by atoms with van der Waals surface area (Å²) in [4.78, 5) is 23.6. The van der Waals surface area contributed by atoms with Crippen LogP contribution in [0.5, 0.6) is 0 Å². The molecule has 9 heteroatoms. The molecular formula is C16H18FN5O3. The van der Waals surface area contributed by atoms with E-state index in [1.165, 1.54) is 22.9 Å². The van der Waals surface area contributed by atoms with E-state index in [0.717, 1.165) is 0 Å². The van der Waals surface area contributed by atoms with Gasteiger partial charge in [-0.2, -0.15) is 4.68 Å². The second-order valence-corrected chi connectivity index (χ2v) is 6.19. The highest BCUT2D eigenvalue weighted by molar-refractivity contribution is 5.93. The van der Waals surface area contributed by atoms with Crippen LogP contribution in [0, 0.1) is 24.6 Å². The number of nitrogens with zero attached hydrogens (tertiary/aromatic N) is 4. The number of carboxylic acids is 1. The number of carboxylic acid groups (broad SMARTS) is 1. The molecule has 1 aromatic carbocycles. The molecule has 2 N–H and O–H groups in total. The Bertz CT molecular complexity index is 807. The Morgan fingerprint density at radius 3 is 2.76 bits per heavy atom. The number of aromatic nitrogens is 4. The zero-order valence-electron chi connectivity index (χ0n) is 13.6.